The molecule has 0 atom stereocenters. The lowest BCUT2D eigenvalue weighted by Gasteiger charge is -2.10. The third kappa shape index (κ3) is 5.70. The van der Waals surface area contributed by atoms with Gasteiger partial charge in [-0.2, -0.15) is 18.2 Å². The molecule has 2 N–H and O–H groups in total. The van der Waals surface area contributed by atoms with Crippen molar-refractivity contribution in [3.8, 4) is 0 Å². The highest BCUT2D eigenvalue weighted by Gasteiger charge is 2.25. The van der Waals surface area contributed by atoms with E-state index in [0.29, 0.717) is 18.3 Å². The minimum atomic E-state index is -4.10. The predicted molar refractivity (Wildman–Crippen MR) is 64.7 cm³/mol. The van der Waals surface area contributed by atoms with Crippen molar-refractivity contribution in [1.29, 1.82) is 0 Å². The van der Waals surface area contributed by atoms with Crippen LogP contribution in [0.15, 0.2) is 6.07 Å². The van der Waals surface area contributed by atoms with E-state index in [2.05, 4.69) is 20.6 Å². The smallest absolute Gasteiger partial charge is 0.370 e. The van der Waals surface area contributed by atoms with E-state index in [9.17, 15) is 13.2 Å². The van der Waals surface area contributed by atoms with Crippen LogP contribution in [0.5, 0.6) is 0 Å². The molecule has 0 bridgehead atoms. The van der Waals surface area contributed by atoms with E-state index in [1.165, 1.54) is 0 Å². The van der Waals surface area contributed by atoms with Gasteiger partial charge in [0, 0.05) is 31.3 Å². The fourth-order valence-electron chi connectivity index (χ4n) is 1.40. The number of aryl methyl sites for hydroxylation is 1. The van der Waals surface area contributed by atoms with Gasteiger partial charge in [-0.25, -0.2) is 4.98 Å². The van der Waals surface area contributed by atoms with Crippen LogP contribution in [0, 0.1) is 6.92 Å². The van der Waals surface area contributed by atoms with Crippen LogP contribution < -0.4 is 10.6 Å². The number of rotatable bonds is 6. The lowest BCUT2D eigenvalue weighted by Crippen LogP contribution is -2.12. The third-order valence-corrected chi connectivity index (χ3v) is 2.13. The molecule has 0 aromatic carbocycles. The summed E-state index contributed by atoms with van der Waals surface area (Å²) in [5.41, 5.74) is 0.763. The molecule has 1 heterocycles. The van der Waals surface area contributed by atoms with Gasteiger partial charge >= 0.3 is 6.18 Å². The highest BCUT2D eigenvalue weighted by Crippen LogP contribution is 2.21. The Hall–Kier alpha value is -1.53. The van der Waals surface area contributed by atoms with Crippen molar-refractivity contribution in [3.05, 3.63) is 11.8 Å². The number of nitrogens with one attached hydrogen (secondary N) is 2. The van der Waals surface area contributed by atoms with Crippen molar-refractivity contribution in [1.82, 2.24) is 9.97 Å². The molecule has 0 saturated heterocycles. The Kier molecular flexibility index (Phi) is 5.18. The molecule has 102 valence electrons. The molecule has 0 fully saturated rings. The maximum Gasteiger partial charge on any atom is 0.389 e. The van der Waals surface area contributed by atoms with Gasteiger partial charge in [0.15, 0.2) is 0 Å². The quantitative estimate of drug-likeness (QED) is 0.774. The molecule has 0 aliphatic carbocycles. The zero-order valence-corrected chi connectivity index (χ0v) is 10.4. The van der Waals surface area contributed by atoms with Gasteiger partial charge < -0.3 is 10.6 Å². The summed E-state index contributed by atoms with van der Waals surface area (Å²) in [6.07, 6.45) is -4.86. The van der Waals surface area contributed by atoms with Crippen LogP contribution in [-0.4, -0.2) is 29.2 Å². The summed E-state index contributed by atoms with van der Waals surface area (Å²) in [5.74, 6) is 1.02. The van der Waals surface area contributed by atoms with E-state index in [4.69, 9.17) is 0 Å². The summed E-state index contributed by atoms with van der Waals surface area (Å²) in [7, 11) is 0. The summed E-state index contributed by atoms with van der Waals surface area (Å²) < 4.78 is 35.8. The number of nitrogens with zero attached hydrogens (tertiary/aromatic N) is 2. The molecule has 4 nitrogen and oxygen atoms in total. The van der Waals surface area contributed by atoms with Crippen LogP contribution in [0.2, 0.25) is 0 Å². The Balaban J connectivity index is 2.46. The maximum atomic E-state index is 11.9. The first-order valence-corrected chi connectivity index (χ1v) is 5.81. The average molecular weight is 262 g/mol. The van der Waals surface area contributed by atoms with Crippen molar-refractivity contribution in [2.45, 2.75) is 32.9 Å². The number of aromatic nitrogens is 2. The molecule has 18 heavy (non-hydrogen) atoms. The molecule has 1 aromatic heterocycles. The molecule has 0 amide bonds. The van der Waals surface area contributed by atoms with E-state index in [-0.39, 0.29) is 13.0 Å². The summed E-state index contributed by atoms with van der Waals surface area (Å²) >= 11 is 0. The molecular weight excluding hydrogens is 245 g/mol. The van der Waals surface area contributed by atoms with Crippen LogP contribution in [0.4, 0.5) is 24.9 Å². The predicted octanol–water partition coefficient (Wildman–Crippen LogP) is 2.97. The van der Waals surface area contributed by atoms with Crippen molar-refractivity contribution in [3.63, 3.8) is 0 Å². The number of hydrogen-bond donors (Lipinski definition) is 2. The van der Waals surface area contributed by atoms with Crippen LogP contribution in [0.1, 0.15) is 25.5 Å². The number of anilines is 2. The zero-order chi connectivity index (χ0) is 13.6. The monoisotopic (exact) mass is 262 g/mol. The molecule has 1 rings (SSSR count). The molecule has 0 aliphatic heterocycles. The molecule has 0 spiro atoms. The topological polar surface area (TPSA) is 49.8 Å². The maximum absolute atomic E-state index is 11.9. The third-order valence-electron chi connectivity index (χ3n) is 2.13. The Labute approximate surface area is 104 Å². The molecule has 7 heteroatoms. The number of hydrogen-bond acceptors (Lipinski definition) is 4. The van der Waals surface area contributed by atoms with Gasteiger partial charge in [-0.3, -0.25) is 0 Å². The molecule has 0 unspecified atom stereocenters. The van der Waals surface area contributed by atoms with Crippen molar-refractivity contribution in [2.75, 3.05) is 23.7 Å². The first kappa shape index (κ1) is 14.5. The van der Waals surface area contributed by atoms with Crippen molar-refractivity contribution < 1.29 is 13.2 Å². The summed E-state index contributed by atoms with van der Waals surface area (Å²) in [6.45, 7) is 4.66. The van der Waals surface area contributed by atoms with Gasteiger partial charge in [-0.1, -0.05) is 0 Å². The summed E-state index contributed by atoms with van der Waals surface area (Å²) in [6, 6.07) is 1.70. The molecule has 0 aliphatic rings. The lowest BCUT2D eigenvalue weighted by molar-refractivity contribution is -0.134. The second-order valence-electron chi connectivity index (χ2n) is 3.89. The fourth-order valence-corrected chi connectivity index (χ4v) is 1.40. The first-order chi connectivity index (χ1) is 8.40. The van der Waals surface area contributed by atoms with E-state index in [0.717, 1.165) is 5.69 Å². The Morgan fingerprint density at radius 3 is 2.56 bits per heavy atom. The zero-order valence-electron chi connectivity index (χ0n) is 10.4. The van der Waals surface area contributed by atoms with Gasteiger partial charge in [0.1, 0.15) is 5.82 Å². The van der Waals surface area contributed by atoms with E-state index in [1.54, 1.807) is 6.07 Å². The van der Waals surface area contributed by atoms with E-state index >= 15 is 0 Å². The van der Waals surface area contributed by atoms with Crippen LogP contribution >= 0.6 is 0 Å². The van der Waals surface area contributed by atoms with Crippen LogP contribution in [0.3, 0.4) is 0 Å². The van der Waals surface area contributed by atoms with Gasteiger partial charge in [0.2, 0.25) is 5.95 Å². The summed E-state index contributed by atoms with van der Waals surface area (Å²) in [4.78, 5) is 8.29. The summed E-state index contributed by atoms with van der Waals surface area (Å²) in [5, 5.41) is 5.83. The average Bonchev–Trinajstić information content (AvgIpc) is 2.23. The lowest BCUT2D eigenvalue weighted by atomic mass is 10.3. The highest BCUT2D eigenvalue weighted by atomic mass is 19.4. The largest absolute Gasteiger partial charge is 0.389 e. The fraction of sp³-hybridized carbons (Fsp3) is 0.636. The second kappa shape index (κ2) is 6.42. The molecule has 0 radical (unpaired) electrons. The first-order valence-electron chi connectivity index (χ1n) is 5.81. The van der Waals surface area contributed by atoms with Crippen molar-refractivity contribution in [2.24, 2.45) is 0 Å². The minimum Gasteiger partial charge on any atom is -0.370 e. The Morgan fingerprint density at radius 2 is 1.94 bits per heavy atom. The van der Waals surface area contributed by atoms with Crippen molar-refractivity contribution >= 4 is 11.8 Å². The van der Waals surface area contributed by atoms with Crippen LogP contribution in [0.25, 0.3) is 0 Å². The van der Waals surface area contributed by atoms with E-state index in [1.807, 2.05) is 13.8 Å². The number of alkyl halides is 3. The normalized spacial score (nSPS) is 11.4. The minimum absolute atomic E-state index is 0.0308. The Morgan fingerprint density at radius 1 is 1.22 bits per heavy atom. The second-order valence-corrected chi connectivity index (χ2v) is 3.89. The van der Waals surface area contributed by atoms with Gasteiger partial charge in [-0.05, 0) is 20.3 Å². The SMILES string of the molecule is CCNc1nc(C)cc(NCCCC(F)(F)F)n1. The molecular formula is C11H17F3N4. The van der Waals surface area contributed by atoms with Gasteiger partial charge in [-0.15, -0.1) is 0 Å². The highest BCUT2D eigenvalue weighted by molar-refractivity contribution is 5.41. The number of halogens is 3. The molecule has 1 aromatic rings. The van der Waals surface area contributed by atoms with Gasteiger partial charge in [0.25, 0.3) is 0 Å². The van der Waals surface area contributed by atoms with Gasteiger partial charge in [0.05, 0.1) is 0 Å². The van der Waals surface area contributed by atoms with Crippen LogP contribution in [-0.2, 0) is 0 Å². The standard InChI is InChI=1S/C11H17F3N4/c1-3-15-10-17-8(2)7-9(18-10)16-6-4-5-11(12,13)14/h7H,3-6H2,1-2H3,(H2,15,16,17,18). The van der Waals surface area contributed by atoms with E-state index < -0.39 is 12.6 Å². The Bertz CT molecular complexity index is 379. The molecule has 0 saturated carbocycles.